The number of carbonyl (C=O) groups excluding carboxylic acids is 2. The van der Waals surface area contributed by atoms with Crippen molar-refractivity contribution >= 4 is 50.7 Å². The largest absolute Gasteiger partial charge is 0.352 e. The molecule has 1 aliphatic rings. The lowest BCUT2D eigenvalue weighted by molar-refractivity contribution is -0.140. The molecule has 0 bridgehead atoms. The first kappa shape index (κ1) is 33.8. The summed E-state index contributed by atoms with van der Waals surface area (Å²) in [4.78, 5) is 29.7. The molecule has 10 heteroatoms. The first-order valence-corrected chi connectivity index (χ1v) is 17.3. The molecule has 3 aromatic rings. The fourth-order valence-electron chi connectivity index (χ4n) is 5.66. The SMILES string of the molecule is CCC(C(=O)NC1CCCCC1)N(Cc1ccc(Cl)c(Cl)c1)C(=O)CN(c1cccc(C)c1C)S(=O)(=O)c1ccc(C)cc1. The van der Waals surface area contributed by atoms with Crippen LogP contribution in [-0.4, -0.2) is 43.8 Å². The van der Waals surface area contributed by atoms with Crippen LogP contribution in [-0.2, 0) is 26.2 Å². The van der Waals surface area contributed by atoms with Crippen LogP contribution in [0.15, 0.2) is 65.6 Å². The van der Waals surface area contributed by atoms with Crippen LogP contribution in [0.1, 0.15) is 67.7 Å². The van der Waals surface area contributed by atoms with E-state index in [1.807, 2.05) is 33.8 Å². The lowest BCUT2D eigenvalue weighted by atomic mass is 9.95. The molecular formula is C34H41Cl2N3O4S. The van der Waals surface area contributed by atoms with Gasteiger partial charge in [-0.1, -0.05) is 85.3 Å². The number of benzene rings is 3. The van der Waals surface area contributed by atoms with Gasteiger partial charge in [0.1, 0.15) is 12.6 Å². The third-order valence-corrected chi connectivity index (χ3v) is 10.9. The van der Waals surface area contributed by atoms with Crippen LogP contribution >= 0.6 is 23.2 Å². The molecular weight excluding hydrogens is 617 g/mol. The minimum atomic E-state index is -4.15. The second-order valence-corrected chi connectivity index (χ2v) is 14.3. The summed E-state index contributed by atoms with van der Waals surface area (Å²) >= 11 is 12.5. The van der Waals surface area contributed by atoms with Gasteiger partial charge < -0.3 is 10.2 Å². The average molecular weight is 659 g/mol. The number of halogens is 2. The second kappa shape index (κ2) is 14.8. The predicted molar refractivity (Wildman–Crippen MR) is 178 cm³/mol. The first-order valence-electron chi connectivity index (χ1n) is 15.1. The molecule has 0 aliphatic heterocycles. The van der Waals surface area contributed by atoms with E-state index in [0.717, 1.165) is 53.1 Å². The molecule has 0 radical (unpaired) electrons. The van der Waals surface area contributed by atoms with Crippen LogP contribution in [0.3, 0.4) is 0 Å². The molecule has 1 saturated carbocycles. The van der Waals surface area contributed by atoms with Crippen LogP contribution in [0.2, 0.25) is 10.0 Å². The van der Waals surface area contributed by atoms with E-state index in [2.05, 4.69) is 5.32 Å². The van der Waals surface area contributed by atoms with Crippen molar-refractivity contribution in [2.75, 3.05) is 10.8 Å². The van der Waals surface area contributed by atoms with E-state index in [9.17, 15) is 18.0 Å². The van der Waals surface area contributed by atoms with Crippen LogP contribution < -0.4 is 9.62 Å². The highest BCUT2D eigenvalue weighted by atomic mass is 35.5. The predicted octanol–water partition coefficient (Wildman–Crippen LogP) is 7.37. The van der Waals surface area contributed by atoms with Crippen molar-refractivity contribution < 1.29 is 18.0 Å². The molecule has 1 fully saturated rings. The number of amides is 2. The van der Waals surface area contributed by atoms with E-state index in [1.165, 1.54) is 4.90 Å². The zero-order chi connectivity index (χ0) is 32.0. The van der Waals surface area contributed by atoms with Gasteiger partial charge in [0.25, 0.3) is 10.0 Å². The zero-order valence-corrected chi connectivity index (χ0v) is 28.1. The van der Waals surface area contributed by atoms with E-state index in [1.54, 1.807) is 54.6 Å². The number of nitrogens with one attached hydrogen (secondary N) is 1. The summed E-state index contributed by atoms with van der Waals surface area (Å²) in [6.07, 6.45) is 5.40. The Hall–Kier alpha value is -3.07. The van der Waals surface area contributed by atoms with Gasteiger partial charge in [0.05, 0.1) is 20.6 Å². The van der Waals surface area contributed by atoms with E-state index < -0.39 is 28.5 Å². The van der Waals surface area contributed by atoms with Crippen LogP contribution in [0.25, 0.3) is 0 Å². The fraction of sp³-hybridized carbons (Fsp3) is 0.412. The number of nitrogens with zero attached hydrogens (tertiary/aromatic N) is 2. The summed E-state index contributed by atoms with van der Waals surface area (Å²) in [7, 11) is -4.15. The molecule has 7 nitrogen and oxygen atoms in total. The maximum Gasteiger partial charge on any atom is 0.264 e. The molecule has 236 valence electrons. The molecule has 3 aromatic carbocycles. The van der Waals surface area contributed by atoms with Gasteiger partial charge in [-0.25, -0.2) is 8.42 Å². The van der Waals surface area contributed by atoms with Crippen LogP contribution in [0, 0.1) is 20.8 Å². The van der Waals surface area contributed by atoms with Crippen molar-refractivity contribution in [3.8, 4) is 0 Å². The maximum atomic E-state index is 14.4. The minimum absolute atomic E-state index is 0.0531. The number of hydrogen-bond donors (Lipinski definition) is 1. The fourth-order valence-corrected chi connectivity index (χ4v) is 7.45. The molecule has 0 saturated heterocycles. The van der Waals surface area contributed by atoms with Crippen molar-refractivity contribution in [2.24, 2.45) is 0 Å². The second-order valence-electron chi connectivity index (χ2n) is 11.6. The molecule has 1 N–H and O–H groups in total. The Morgan fingerprint density at radius 3 is 2.25 bits per heavy atom. The van der Waals surface area contributed by atoms with Gasteiger partial charge in [0.15, 0.2) is 0 Å². The molecule has 0 heterocycles. The van der Waals surface area contributed by atoms with Crippen LogP contribution in [0.5, 0.6) is 0 Å². The van der Waals surface area contributed by atoms with Crippen molar-refractivity contribution in [1.82, 2.24) is 10.2 Å². The lowest BCUT2D eigenvalue weighted by Gasteiger charge is -2.35. The lowest BCUT2D eigenvalue weighted by Crippen LogP contribution is -2.54. The van der Waals surface area contributed by atoms with Gasteiger partial charge in [-0.05, 0) is 87.1 Å². The third-order valence-electron chi connectivity index (χ3n) is 8.41. The third kappa shape index (κ3) is 7.95. The smallest absolute Gasteiger partial charge is 0.264 e. The summed E-state index contributed by atoms with van der Waals surface area (Å²) in [5, 5.41) is 3.87. The summed E-state index contributed by atoms with van der Waals surface area (Å²) in [5.74, 6) is -0.745. The Morgan fingerprint density at radius 1 is 0.932 bits per heavy atom. The van der Waals surface area contributed by atoms with E-state index >= 15 is 0 Å². The Morgan fingerprint density at radius 2 is 1.61 bits per heavy atom. The number of rotatable bonds is 11. The van der Waals surface area contributed by atoms with Crippen molar-refractivity contribution in [2.45, 2.75) is 89.7 Å². The number of carbonyl (C=O) groups is 2. The van der Waals surface area contributed by atoms with Gasteiger partial charge >= 0.3 is 0 Å². The van der Waals surface area contributed by atoms with Gasteiger partial charge in [-0.3, -0.25) is 13.9 Å². The molecule has 4 rings (SSSR count). The molecule has 0 spiro atoms. The van der Waals surface area contributed by atoms with Crippen molar-refractivity contribution in [3.63, 3.8) is 0 Å². The van der Waals surface area contributed by atoms with Gasteiger partial charge in [0.2, 0.25) is 11.8 Å². The summed E-state index contributed by atoms with van der Waals surface area (Å²) < 4.78 is 29.5. The monoisotopic (exact) mass is 657 g/mol. The molecule has 1 atom stereocenters. The van der Waals surface area contributed by atoms with Gasteiger partial charge in [-0.2, -0.15) is 0 Å². The summed E-state index contributed by atoms with van der Waals surface area (Å²) in [6.45, 7) is 7.04. The molecule has 2 amide bonds. The number of anilines is 1. The van der Waals surface area contributed by atoms with Gasteiger partial charge in [0, 0.05) is 12.6 Å². The van der Waals surface area contributed by atoms with Crippen molar-refractivity contribution in [1.29, 1.82) is 0 Å². The number of hydrogen-bond acceptors (Lipinski definition) is 4. The normalized spacial score (nSPS) is 14.6. The van der Waals surface area contributed by atoms with E-state index in [-0.39, 0.29) is 23.4 Å². The molecule has 44 heavy (non-hydrogen) atoms. The number of aryl methyl sites for hydroxylation is 2. The first-order chi connectivity index (χ1) is 20.9. The molecule has 1 aliphatic carbocycles. The zero-order valence-electron chi connectivity index (χ0n) is 25.8. The van der Waals surface area contributed by atoms with E-state index in [4.69, 9.17) is 23.2 Å². The molecule has 1 unspecified atom stereocenters. The highest BCUT2D eigenvalue weighted by Gasteiger charge is 2.35. The average Bonchev–Trinajstić information content (AvgIpc) is 2.99. The minimum Gasteiger partial charge on any atom is -0.352 e. The topological polar surface area (TPSA) is 86.8 Å². The van der Waals surface area contributed by atoms with Gasteiger partial charge in [-0.15, -0.1) is 0 Å². The van der Waals surface area contributed by atoms with Crippen molar-refractivity contribution in [3.05, 3.63) is 93.0 Å². The Labute approximate surface area is 271 Å². The standard InChI is InChI=1S/C34H41Cl2N3O4S/c1-5-31(34(41)37-27-11-7-6-8-12-27)38(21-26-16-19-29(35)30(36)20-26)33(40)22-39(32-13-9-10-24(3)25(32)4)44(42,43)28-17-14-23(2)15-18-28/h9-10,13-20,27,31H,5-8,11-12,21-22H2,1-4H3,(H,37,41). The maximum absolute atomic E-state index is 14.4. The summed E-state index contributed by atoms with van der Waals surface area (Å²) in [6, 6.07) is 16.3. The quantitative estimate of drug-likeness (QED) is 0.233. The van der Waals surface area contributed by atoms with Crippen LogP contribution in [0.4, 0.5) is 5.69 Å². The number of sulfonamides is 1. The van der Waals surface area contributed by atoms with E-state index in [0.29, 0.717) is 27.7 Å². The highest BCUT2D eigenvalue weighted by Crippen LogP contribution is 2.30. The highest BCUT2D eigenvalue weighted by molar-refractivity contribution is 7.92. The Kier molecular flexibility index (Phi) is 11.4. The summed E-state index contributed by atoms with van der Waals surface area (Å²) in [5.41, 5.74) is 3.64. The Bertz CT molecular complexity index is 1590. The molecule has 0 aromatic heterocycles. The Balaban J connectivity index is 1.75.